The van der Waals surface area contributed by atoms with Crippen molar-refractivity contribution in [3.05, 3.63) is 54.1 Å². The van der Waals surface area contributed by atoms with Crippen LogP contribution in [0.25, 0.3) is 0 Å². The number of amides is 1. The minimum absolute atomic E-state index is 0.0846. The molecule has 0 aromatic heterocycles. The van der Waals surface area contributed by atoms with Crippen LogP contribution in [0.2, 0.25) is 0 Å². The van der Waals surface area contributed by atoms with E-state index in [0.29, 0.717) is 30.0 Å². The molecule has 2 aromatic carbocycles. The van der Waals surface area contributed by atoms with E-state index < -0.39 is 6.04 Å². The van der Waals surface area contributed by atoms with Gasteiger partial charge in [-0.3, -0.25) is 4.79 Å². The molecule has 2 rings (SSSR count). The van der Waals surface area contributed by atoms with Crippen molar-refractivity contribution in [2.45, 2.75) is 19.4 Å². The molecule has 0 unspecified atom stereocenters. The zero-order valence-electron chi connectivity index (χ0n) is 14.8. The molecule has 0 aliphatic carbocycles. The second-order valence-electron chi connectivity index (χ2n) is 5.80. The number of carbonyl (C=O) groups excluding carboxylic acids is 1. The van der Waals surface area contributed by atoms with Crippen molar-refractivity contribution in [1.82, 2.24) is 4.90 Å². The lowest BCUT2D eigenvalue weighted by Gasteiger charge is -2.22. The standard InChI is InChI=1S/C20H20N4O2/c1-15(20(25)24(2)12-4-11-21)23-17-5-3-6-19(13-17)26-18-9-7-16(14-22)8-10-18/h3,5-10,13,15,23H,4,12H2,1-2H3/t15-/m1/s1. The Labute approximate surface area is 153 Å². The SMILES string of the molecule is C[C@@H](Nc1cccc(Oc2ccc(C#N)cc2)c1)C(=O)N(C)CCC#N. The Bertz CT molecular complexity index is 834. The minimum Gasteiger partial charge on any atom is -0.457 e. The third-order valence-electron chi connectivity index (χ3n) is 3.74. The van der Waals surface area contributed by atoms with E-state index in [1.807, 2.05) is 24.3 Å². The summed E-state index contributed by atoms with van der Waals surface area (Å²) >= 11 is 0. The van der Waals surface area contributed by atoms with E-state index in [2.05, 4.69) is 11.4 Å². The molecule has 0 saturated carbocycles. The molecule has 132 valence electrons. The molecule has 1 N–H and O–H groups in total. The minimum atomic E-state index is -0.427. The van der Waals surface area contributed by atoms with Crippen LogP contribution in [0.15, 0.2) is 48.5 Å². The summed E-state index contributed by atoms with van der Waals surface area (Å²) in [5.41, 5.74) is 1.33. The van der Waals surface area contributed by atoms with Crippen molar-refractivity contribution in [3.63, 3.8) is 0 Å². The molecule has 2 aromatic rings. The Hall–Kier alpha value is -3.51. The number of nitrogens with zero attached hydrogens (tertiary/aromatic N) is 3. The van der Waals surface area contributed by atoms with E-state index in [-0.39, 0.29) is 5.91 Å². The second kappa shape index (κ2) is 9.10. The maximum atomic E-state index is 12.3. The number of rotatable bonds is 7. The van der Waals surface area contributed by atoms with Crippen LogP contribution in [0.5, 0.6) is 11.5 Å². The summed E-state index contributed by atoms with van der Waals surface area (Å²) in [6.45, 7) is 2.18. The van der Waals surface area contributed by atoms with Crippen LogP contribution in [0.3, 0.4) is 0 Å². The van der Waals surface area contributed by atoms with Crippen molar-refractivity contribution in [2.24, 2.45) is 0 Å². The van der Waals surface area contributed by atoms with Gasteiger partial charge in [-0.1, -0.05) is 6.07 Å². The molecule has 0 spiro atoms. The molecular formula is C20H20N4O2. The zero-order chi connectivity index (χ0) is 18.9. The molecule has 0 aliphatic rings. The molecular weight excluding hydrogens is 328 g/mol. The molecule has 0 fully saturated rings. The first-order chi connectivity index (χ1) is 12.5. The normalized spacial score (nSPS) is 10.9. The van der Waals surface area contributed by atoms with E-state index in [4.69, 9.17) is 15.3 Å². The van der Waals surface area contributed by atoms with Gasteiger partial charge in [-0.25, -0.2) is 0 Å². The van der Waals surface area contributed by atoms with E-state index in [1.165, 1.54) is 4.90 Å². The van der Waals surface area contributed by atoms with Crippen LogP contribution >= 0.6 is 0 Å². The third-order valence-corrected chi connectivity index (χ3v) is 3.74. The number of hydrogen-bond acceptors (Lipinski definition) is 5. The fourth-order valence-corrected chi connectivity index (χ4v) is 2.35. The lowest BCUT2D eigenvalue weighted by Crippen LogP contribution is -2.39. The number of hydrogen-bond donors (Lipinski definition) is 1. The van der Waals surface area contributed by atoms with E-state index in [0.717, 1.165) is 5.69 Å². The van der Waals surface area contributed by atoms with E-state index in [1.54, 1.807) is 44.3 Å². The zero-order valence-corrected chi connectivity index (χ0v) is 14.8. The Morgan fingerprint density at radius 2 is 1.92 bits per heavy atom. The molecule has 1 atom stereocenters. The van der Waals surface area contributed by atoms with Gasteiger partial charge < -0.3 is 15.0 Å². The Morgan fingerprint density at radius 3 is 2.58 bits per heavy atom. The summed E-state index contributed by atoms with van der Waals surface area (Å²) in [6.07, 6.45) is 0.308. The fraction of sp³-hybridized carbons (Fsp3) is 0.250. The number of ether oxygens (including phenoxy) is 1. The predicted octanol–water partition coefficient (Wildman–Crippen LogP) is 3.52. The lowest BCUT2D eigenvalue weighted by atomic mass is 10.2. The summed E-state index contributed by atoms with van der Waals surface area (Å²) in [4.78, 5) is 13.8. The van der Waals surface area contributed by atoms with Crippen LogP contribution in [0, 0.1) is 22.7 Å². The molecule has 6 heteroatoms. The quantitative estimate of drug-likeness (QED) is 0.827. The summed E-state index contributed by atoms with van der Waals surface area (Å²) in [6, 6.07) is 17.8. The number of carbonyl (C=O) groups is 1. The van der Waals surface area contributed by atoms with Crippen LogP contribution in [-0.4, -0.2) is 30.4 Å². The van der Waals surface area contributed by atoms with Gasteiger partial charge >= 0.3 is 0 Å². The highest BCUT2D eigenvalue weighted by molar-refractivity contribution is 5.84. The molecule has 1 amide bonds. The molecule has 0 radical (unpaired) electrons. The first kappa shape index (κ1) is 18.8. The number of benzene rings is 2. The van der Waals surface area contributed by atoms with Crippen LogP contribution in [0.1, 0.15) is 18.9 Å². The monoisotopic (exact) mass is 348 g/mol. The fourth-order valence-electron chi connectivity index (χ4n) is 2.35. The van der Waals surface area contributed by atoms with Gasteiger partial charge in [0.05, 0.1) is 24.1 Å². The smallest absolute Gasteiger partial charge is 0.244 e. The van der Waals surface area contributed by atoms with Crippen molar-refractivity contribution < 1.29 is 9.53 Å². The molecule has 6 nitrogen and oxygen atoms in total. The van der Waals surface area contributed by atoms with Gasteiger partial charge in [-0.15, -0.1) is 0 Å². The summed E-state index contributed by atoms with van der Waals surface area (Å²) in [5.74, 6) is 1.16. The number of anilines is 1. The average molecular weight is 348 g/mol. The van der Waals surface area contributed by atoms with Crippen molar-refractivity contribution in [1.29, 1.82) is 10.5 Å². The summed E-state index contributed by atoms with van der Waals surface area (Å²) < 4.78 is 5.78. The topological polar surface area (TPSA) is 89.2 Å². The molecule has 0 heterocycles. The highest BCUT2D eigenvalue weighted by Crippen LogP contribution is 2.24. The van der Waals surface area contributed by atoms with Gasteiger partial charge in [0.1, 0.15) is 17.5 Å². The molecule has 0 bridgehead atoms. The number of likely N-dealkylation sites (N-methyl/N-ethyl adjacent to an activating group) is 1. The average Bonchev–Trinajstić information content (AvgIpc) is 2.66. The van der Waals surface area contributed by atoms with Crippen LogP contribution in [-0.2, 0) is 4.79 Å². The highest BCUT2D eigenvalue weighted by Gasteiger charge is 2.17. The van der Waals surface area contributed by atoms with Gasteiger partial charge in [0.2, 0.25) is 5.91 Å². The predicted molar refractivity (Wildman–Crippen MR) is 98.6 cm³/mol. The van der Waals surface area contributed by atoms with Gasteiger partial charge in [0, 0.05) is 25.3 Å². The van der Waals surface area contributed by atoms with Gasteiger partial charge in [0.25, 0.3) is 0 Å². The van der Waals surface area contributed by atoms with Gasteiger partial charge in [-0.2, -0.15) is 10.5 Å². The maximum absolute atomic E-state index is 12.3. The number of nitrogens with one attached hydrogen (secondary N) is 1. The van der Waals surface area contributed by atoms with Crippen molar-refractivity contribution >= 4 is 11.6 Å². The Kier molecular flexibility index (Phi) is 6.59. The van der Waals surface area contributed by atoms with Crippen LogP contribution in [0.4, 0.5) is 5.69 Å². The second-order valence-corrected chi connectivity index (χ2v) is 5.80. The maximum Gasteiger partial charge on any atom is 0.244 e. The van der Waals surface area contributed by atoms with Crippen molar-refractivity contribution in [3.8, 4) is 23.6 Å². The highest BCUT2D eigenvalue weighted by atomic mass is 16.5. The third kappa shape index (κ3) is 5.25. The molecule has 0 aliphatic heterocycles. The number of nitriles is 2. The molecule has 26 heavy (non-hydrogen) atoms. The van der Waals surface area contributed by atoms with Crippen LogP contribution < -0.4 is 10.1 Å². The Balaban J connectivity index is 2.00. The Morgan fingerprint density at radius 1 is 1.19 bits per heavy atom. The van der Waals surface area contributed by atoms with E-state index >= 15 is 0 Å². The summed E-state index contributed by atoms with van der Waals surface area (Å²) in [7, 11) is 1.68. The van der Waals surface area contributed by atoms with Gasteiger partial charge in [-0.05, 0) is 43.3 Å². The molecule has 0 saturated heterocycles. The van der Waals surface area contributed by atoms with E-state index in [9.17, 15) is 4.79 Å². The van der Waals surface area contributed by atoms with Crippen molar-refractivity contribution in [2.75, 3.05) is 18.9 Å². The lowest BCUT2D eigenvalue weighted by molar-refractivity contribution is -0.130. The first-order valence-corrected chi connectivity index (χ1v) is 8.20. The largest absolute Gasteiger partial charge is 0.457 e. The summed E-state index contributed by atoms with van der Waals surface area (Å²) in [5, 5.41) is 20.6. The van der Waals surface area contributed by atoms with Gasteiger partial charge in [0.15, 0.2) is 0 Å². The first-order valence-electron chi connectivity index (χ1n) is 8.20.